The zero-order valence-corrected chi connectivity index (χ0v) is 13.3. The molecule has 0 bridgehead atoms. The SMILES string of the molecule is COc1ccc(F)cc1-c1c[nH]c2ncnc(N3CCOCC3)c12. The number of hydrogen-bond donors (Lipinski definition) is 1. The second kappa shape index (κ2) is 6.09. The summed E-state index contributed by atoms with van der Waals surface area (Å²) in [6.07, 6.45) is 3.36. The largest absolute Gasteiger partial charge is 0.496 e. The van der Waals surface area contributed by atoms with E-state index in [1.54, 1.807) is 13.2 Å². The number of fused-ring (bicyclic) bond motifs is 1. The number of halogens is 1. The number of nitrogens with one attached hydrogen (secondary N) is 1. The molecule has 1 saturated heterocycles. The van der Waals surface area contributed by atoms with Gasteiger partial charge in [-0.05, 0) is 18.2 Å². The van der Waals surface area contributed by atoms with Crippen molar-refractivity contribution in [3.8, 4) is 16.9 Å². The summed E-state index contributed by atoms with van der Waals surface area (Å²) in [4.78, 5) is 14.1. The zero-order valence-electron chi connectivity index (χ0n) is 13.3. The van der Waals surface area contributed by atoms with Crippen LogP contribution in [0.5, 0.6) is 5.75 Å². The fraction of sp³-hybridized carbons (Fsp3) is 0.294. The molecular formula is C17H17FN4O2. The normalized spacial score (nSPS) is 15.0. The number of methoxy groups -OCH3 is 1. The first-order valence-electron chi connectivity index (χ1n) is 7.76. The minimum atomic E-state index is -0.315. The van der Waals surface area contributed by atoms with Gasteiger partial charge in [0, 0.05) is 30.4 Å². The van der Waals surface area contributed by atoms with Crippen molar-refractivity contribution in [2.24, 2.45) is 0 Å². The highest BCUT2D eigenvalue weighted by Crippen LogP contribution is 2.38. The molecule has 4 rings (SSSR count). The Morgan fingerprint density at radius 1 is 1.21 bits per heavy atom. The van der Waals surface area contributed by atoms with E-state index < -0.39 is 0 Å². The quantitative estimate of drug-likeness (QED) is 0.801. The predicted octanol–water partition coefficient (Wildman–Crippen LogP) is 2.61. The number of hydrogen-bond acceptors (Lipinski definition) is 5. The van der Waals surface area contributed by atoms with Gasteiger partial charge in [-0.2, -0.15) is 0 Å². The molecule has 1 aliphatic heterocycles. The van der Waals surface area contributed by atoms with E-state index in [2.05, 4.69) is 19.9 Å². The van der Waals surface area contributed by atoms with Gasteiger partial charge >= 0.3 is 0 Å². The van der Waals surface area contributed by atoms with Crippen molar-refractivity contribution in [1.29, 1.82) is 0 Å². The van der Waals surface area contributed by atoms with Crippen LogP contribution in [0.4, 0.5) is 10.2 Å². The lowest BCUT2D eigenvalue weighted by molar-refractivity contribution is 0.122. The van der Waals surface area contributed by atoms with Gasteiger partial charge in [0.1, 0.15) is 29.4 Å². The summed E-state index contributed by atoms with van der Waals surface area (Å²) in [5, 5.41) is 0.864. The van der Waals surface area contributed by atoms with E-state index in [1.165, 1.54) is 18.5 Å². The molecule has 6 nitrogen and oxygen atoms in total. The van der Waals surface area contributed by atoms with Crippen LogP contribution in [0, 0.1) is 5.82 Å². The lowest BCUT2D eigenvalue weighted by Gasteiger charge is -2.28. The van der Waals surface area contributed by atoms with E-state index >= 15 is 0 Å². The number of anilines is 1. The molecule has 0 saturated carbocycles. The molecule has 0 spiro atoms. The van der Waals surface area contributed by atoms with E-state index in [1.807, 2.05) is 6.20 Å². The van der Waals surface area contributed by atoms with Crippen LogP contribution < -0.4 is 9.64 Å². The van der Waals surface area contributed by atoms with E-state index in [0.29, 0.717) is 30.2 Å². The molecule has 1 N–H and O–H groups in total. The fourth-order valence-corrected chi connectivity index (χ4v) is 3.06. The number of H-pyrrole nitrogens is 1. The van der Waals surface area contributed by atoms with Gasteiger partial charge in [-0.1, -0.05) is 0 Å². The Hall–Kier alpha value is -2.67. The molecule has 7 heteroatoms. The van der Waals surface area contributed by atoms with Crippen LogP contribution in [-0.4, -0.2) is 48.4 Å². The van der Waals surface area contributed by atoms with Crippen molar-refractivity contribution in [2.75, 3.05) is 38.3 Å². The second-order valence-corrected chi connectivity index (χ2v) is 5.57. The highest BCUT2D eigenvalue weighted by molar-refractivity contribution is 6.02. The molecule has 2 aromatic heterocycles. The van der Waals surface area contributed by atoms with Gasteiger partial charge in [-0.15, -0.1) is 0 Å². The Morgan fingerprint density at radius 3 is 2.83 bits per heavy atom. The summed E-state index contributed by atoms with van der Waals surface area (Å²) in [5.74, 6) is 1.12. The average Bonchev–Trinajstić information content (AvgIpc) is 3.06. The summed E-state index contributed by atoms with van der Waals surface area (Å²) < 4.78 is 24.6. The topological polar surface area (TPSA) is 63.3 Å². The first-order chi connectivity index (χ1) is 11.8. The molecule has 3 heterocycles. The maximum atomic E-state index is 13.8. The Kier molecular flexibility index (Phi) is 3.78. The third-order valence-electron chi connectivity index (χ3n) is 4.21. The molecule has 24 heavy (non-hydrogen) atoms. The molecule has 1 aromatic carbocycles. The van der Waals surface area contributed by atoms with Gasteiger partial charge < -0.3 is 19.4 Å². The van der Waals surface area contributed by atoms with E-state index in [0.717, 1.165) is 29.9 Å². The highest BCUT2D eigenvalue weighted by atomic mass is 19.1. The predicted molar refractivity (Wildman–Crippen MR) is 88.9 cm³/mol. The van der Waals surface area contributed by atoms with Crippen LogP contribution >= 0.6 is 0 Å². The minimum Gasteiger partial charge on any atom is -0.496 e. The fourth-order valence-electron chi connectivity index (χ4n) is 3.06. The maximum absolute atomic E-state index is 13.8. The molecule has 3 aromatic rings. The molecule has 0 atom stereocenters. The Bertz CT molecular complexity index is 874. The Balaban J connectivity index is 1.92. The van der Waals surface area contributed by atoms with Gasteiger partial charge in [0.05, 0.1) is 25.7 Å². The Labute approximate surface area is 138 Å². The standard InChI is InChI=1S/C17H17FN4O2/c1-23-14-3-2-11(18)8-12(14)13-9-19-16-15(13)17(21-10-20-16)22-4-6-24-7-5-22/h2-3,8-10H,4-7H2,1H3,(H,19,20,21). The molecule has 1 fully saturated rings. The smallest absolute Gasteiger partial charge is 0.143 e. The van der Waals surface area contributed by atoms with Crippen molar-refractivity contribution in [3.05, 3.63) is 36.5 Å². The number of nitrogens with zero attached hydrogens (tertiary/aromatic N) is 3. The van der Waals surface area contributed by atoms with Crippen LogP contribution in [0.2, 0.25) is 0 Å². The van der Waals surface area contributed by atoms with Gasteiger partial charge in [0.2, 0.25) is 0 Å². The van der Waals surface area contributed by atoms with Crippen molar-refractivity contribution in [1.82, 2.24) is 15.0 Å². The number of benzene rings is 1. The summed E-state index contributed by atoms with van der Waals surface area (Å²) >= 11 is 0. The molecule has 0 unspecified atom stereocenters. The zero-order chi connectivity index (χ0) is 16.5. The first kappa shape index (κ1) is 14.9. The monoisotopic (exact) mass is 328 g/mol. The van der Waals surface area contributed by atoms with E-state index in [-0.39, 0.29) is 5.82 Å². The van der Waals surface area contributed by atoms with Crippen molar-refractivity contribution < 1.29 is 13.9 Å². The van der Waals surface area contributed by atoms with Crippen LogP contribution in [0.1, 0.15) is 0 Å². The molecule has 0 aliphatic carbocycles. The second-order valence-electron chi connectivity index (χ2n) is 5.57. The third-order valence-corrected chi connectivity index (χ3v) is 4.21. The van der Waals surface area contributed by atoms with Crippen molar-refractivity contribution in [3.63, 3.8) is 0 Å². The van der Waals surface area contributed by atoms with Gasteiger partial charge in [0.25, 0.3) is 0 Å². The van der Waals surface area contributed by atoms with Crippen LogP contribution in [0.15, 0.2) is 30.7 Å². The van der Waals surface area contributed by atoms with Gasteiger partial charge in [-0.3, -0.25) is 0 Å². The summed E-state index contributed by atoms with van der Waals surface area (Å²) in [5.41, 5.74) is 2.21. The molecule has 0 radical (unpaired) electrons. The Morgan fingerprint density at radius 2 is 2.04 bits per heavy atom. The summed E-state index contributed by atoms with van der Waals surface area (Å²) in [6, 6.07) is 4.48. The third kappa shape index (κ3) is 2.46. The maximum Gasteiger partial charge on any atom is 0.143 e. The lowest BCUT2D eigenvalue weighted by Crippen LogP contribution is -2.36. The van der Waals surface area contributed by atoms with E-state index in [9.17, 15) is 4.39 Å². The molecule has 124 valence electrons. The number of aromatic nitrogens is 3. The van der Waals surface area contributed by atoms with Crippen LogP contribution in [0.3, 0.4) is 0 Å². The number of ether oxygens (including phenoxy) is 2. The average molecular weight is 328 g/mol. The summed E-state index contributed by atoms with van der Waals surface area (Å²) in [7, 11) is 1.57. The lowest BCUT2D eigenvalue weighted by atomic mass is 10.0. The number of morpholine rings is 1. The van der Waals surface area contributed by atoms with Gasteiger partial charge in [0.15, 0.2) is 0 Å². The van der Waals surface area contributed by atoms with Crippen LogP contribution in [0.25, 0.3) is 22.2 Å². The molecule has 1 aliphatic rings. The molecule has 0 amide bonds. The first-order valence-corrected chi connectivity index (χ1v) is 7.76. The van der Waals surface area contributed by atoms with Crippen molar-refractivity contribution in [2.45, 2.75) is 0 Å². The van der Waals surface area contributed by atoms with E-state index in [4.69, 9.17) is 9.47 Å². The molecular weight excluding hydrogens is 311 g/mol. The number of rotatable bonds is 3. The minimum absolute atomic E-state index is 0.315. The highest BCUT2D eigenvalue weighted by Gasteiger charge is 2.21. The van der Waals surface area contributed by atoms with Gasteiger partial charge in [-0.25, -0.2) is 14.4 Å². The summed E-state index contributed by atoms with van der Waals surface area (Å²) in [6.45, 7) is 2.84. The van der Waals surface area contributed by atoms with Crippen LogP contribution in [-0.2, 0) is 4.74 Å². The number of aromatic amines is 1. The van der Waals surface area contributed by atoms with Crippen molar-refractivity contribution >= 4 is 16.9 Å².